The Labute approximate surface area is 173 Å². The molecule has 1 heterocycles. The lowest BCUT2D eigenvalue weighted by Gasteiger charge is -2.24. The number of rotatable bonds is 6. The molecule has 0 bridgehead atoms. The topological polar surface area (TPSA) is 9.23 Å². The normalized spacial score (nSPS) is 14.8. The smallest absolute Gasteiger partial charge is 0.202 e. The summed E-state index contributed by atoms with van der Waals surface area (Å²) >= 11 is 0. The highest BCUT2D eigenvalue weighted by atomic mass is 19.2. The molecular formula is C25H22F4O. The lowest BCUT2D eigenvalue weighted by atomic mass is 9.93. The van der Waals surface area contributed by atoms with E-state index in [0.29, 0.717) is 30.4 Å². The second kappa shape index (κ2) is 8.74. The van der Waals surface area contributed by atoms with Crippen molar-refractivity contribution in [2.24, 2.45) is 0 Å². The summed E-state index contributed by atoms with van der Waals surface area (Å²) in [5.74, 6) is -4.29. The van der Waals surface area contributed by atoms with Crippen LogP contribution in [0.15, 0.2) is 72.8 Å². The summed E-state index contributed by atoms with van der Waals surface area (Å²) in [5, 5.41) is 0. The van der Waals surface area contributed by atoms with Crippen LogP contribution in [0.4, 0.5) is 17.6 Å². The van der Waals surface area contributed by atoms with Gasteiger partial charge in [0.1, 0.15) is 5.82 Å². The summed E-state index contributed by atoms with van der Waals surface area (Å²) in [6.07, 6.45) is 3.16. The third kappa shape index (κ3) is 3.97. The third-order valence-electron chi connectivity index (χ3n) is 5.09. The van der Waals surface area contributed by atoms with Gasteiger partial charge in [-0.1, -0.05) is 38.3 Å². The van der Waals surface area contributed by atoms with Crippen LogP contribution >= 0.6 is 0 Å². The van der Waals surface area contributed by atoms with E-state index >= 15 is 0 Å². The van der Waals surface area contributed by atoms with Crippen molar-refractivity contribution >= 4 is 0 Å². The van der Waals surface area contributed by atoms with Crippen LogP contribution in [-0.4, -0.2) is 0 Å². The molecule has 2 aromatic carbocycles. The van der Waals surface area contributed by atoms with Gasteiger partial charge in [0.2, 0.25) is 5.82 Å². The summed E-state index contributed by atoms with van der Waals surface area (Å²) in [6, 6.07) is 5.66. The van der Waals surface area contributed by atoms with Gasteiger partial charge in [0, 0.05) is 17.5 Å². The first-order valence-corrected chi connectivity index (χ1v) is 9.62. The van der Waals surface area contributed by atoms with Gasteiger partial charge >= 0.3 is 0 Å². The zero-order chi connectivity index (χ0) is 22.0. The predicted molar refractivity (Wildman–Crippen MR) is 111 cm³/mol. The molecule has 0 N–H and O–H groups in total. The fraction of sp³-hybridized carbons (Fsp3) is 0.200. The maximum Gasteiger partial charge on any atom is 0.202 e. The number of hydrogen-bond donors (Lipinski definition) is 0. The zero-order valence-electron chi connectivity index (χ0n) is 16.8. The minimum Gasteiger partial charge on any atom is -0.450 e. The first-order valence-electron chi connectivity index (χ1n) is 9.62. The van der Waals surface area contributed by atoms with Crippen LogP contribution in [0.3, 0.4) is 0 Å². The quantitative estimate of drug-likeness (QED) is 0.351. The molecule has 30 heavy (non-hydrogen) atoms. The number of fused-ring (bicyclic) bond motifs is 1. The Balaban J connectivity index is 2.05. The van der Waals surface area contributed by atoms with Crippen molar-refractivity contribution in [3.63, 3.8) is 0 Å². The number of ether oxygens (including phenoxy) is 1. The Kier molecular flexibility index (Phi) is 6.30. The van der Waals surface area contributed by atoms with Gasteiger partial charge in [-0.15, -0.1) is 6.58 Å². The van der Waals surface area contributed by atoms with Crippen molar-refractivity contribution < 1.29 is 22.3 Å². The van der Waals surface area contributed by atoms with Crippen LogP contribution < -0.4 is 4.74 Å². The number of halogens is 4. The summed E-state index contributed by atoms with van der Waals surface area (Å²) in [5.41, 5.74) is 1.35. The Morgan fingerprint density at radius 3 is 2.53 bits per heavy atom. The molecule has 0 spiro atoms. The Bertz CT molecular complexity index is 1080. The van der Waals surface area contributed by atoms with Gasteiger partial charge in [-0.3, -0.25) is 0 Å². The number of aryl methyl sites for hydroxylation is 1. The molecule has 0 aromatic heterocycles. The predicted octanol–water partition coefficient (Wildman–Crippen LogP) is 7.53. The van der Waals surface area contributed by atoms with E-state index in [2.05, 4.69) is 19.7 Å². The molecular weight excluding hydrogens is 392 g/mol. The summed E-state index contributed by atoms with van der Waals surface area (Å²) < 4.78 is 63.9. The largest absolute Gasteiger partial charge is 0.450 e. The highest BCUT2D eigenvalue weighted by Gasteiger charge is 2.29. The maximum absolute atomic E-state index is 14.8. The lowest BCUT2D eigenvalue weighted by molar-refractivity contribution is 0.355. The highest BCUT2D eigenvalue weighted by molar-refractivity contribution is 5.68. The first-order chi connectivity index (χ1) is 14.3. The Hall–Kier alpha value is -3.08. The SMILES string of the molecule is C=CCCc1ccc(-c2cc3c(c(F)c2F)O/C(=C(\F)C(=C)CC)C(=C)C3)cc1F. The minimum atomic E-state index is -1.25. The molecule has 0 aliphatic carbocycles. The van der Waals surface area contributed by atoms with Crippen LogP contribution in [0, 0.1) is 17.5 Å². The van der Waals surface area contributed by atoms with E-state index in [4.69, 9.17) is 4.74 Å². The van der Waals surface area contributed by atoms with E-state index < -0.39 is 23.3 Å². The summed E-state index contributed by atoms with van der Waals surface area (Å²) in [6.45, 7) is 12.7. The molecule has 0 unspecified atom stereocenters. The molecule has 5 heteroatoms. The van der Waals surface area contributed by atoms with Crippen molar-refractivity contribution in [3.8, 4) is 16.9 Å². The molecule has 0 fully saturated rings. The van der Waals surface area contributed by atoms with Crippen molar-refractivity contribution in [3.05, 3.63) is 101 Å². The number of hydrogen-bond acceptors (Lipinski definition) is 1. The van der Waals surface area contributed by atoms with Crippen LogP contribution in [-0.2, 0) is 12.8 Å². The van der Waals surface area contributed by atoms with Crippen LogP contribution in [0.25, 0.3) is 11.1 Å². The Morgan fingerprint density at radius 2 is 1.90 bits per heavy atom. The molecule has 3 rings (SSSR count). The molecule has 0 atom stereocenters. The molecule has 0 amide bonds. The molecule has 0 radical (unpaired) electrons. The van der Waals surface area contributed by atoms with E-state index in [9.17, 15) is 17.6 Å². The maximum atomic E-state index is 14.8. The van der Waals surface area contributed by atoms with Crippen LogP contribution in [0.1, 0.15) is 30.9 Å². The van der Waals surface area contributed by atoms with Gasteiger partial charge in [0.25, 0.3) is 0 Å². The van der Waals surface area contributed by atoms with Crippen LogP contribution in [0.2, 0.25) is 0 Å². The zero-order valence-corrected chi connectivity index (χ0v) is 16.8. The fourth-order valence-corrected chi connectivity index (χ4v) is 3.29. The van der Waals surface area contributed by atoms with Crippen molar-refractivity contribution in [2.45, 2.75) is 32.6 Å². The summed E-state index contributed by atoms with van der Waals surface area (Å²) in [4.78, 5) is 0. The Morgan fingerprint density at radius 1 is 1.17 bits per heavy atom. The molecule has 0 saturated carbocycles. The van der Waals surface area contributed by atoms with Gasteiger partial charge in [0.05, 0.1) is 0 Å². The highest BCUT2D eigenvalue weighted by Crippen LogP contribution is 2.41. The molecule has 156 valence electrons. The average molecular weight is 414 g/mol. The molecule has 1 nitrogen and oxygen atoms in total. The van der Waals surface area contributed by atoms with Crippen molar-refractivity contribution in [2.75, 3.05) is 0 Å². The van der Waals surface area contributed by atoms with E-state index in [1.807, 2.05) is 0 Å². The van der Waals surface area contributed by atoms with Crippen molar-refractivity contribution in [1.82, 2.24) is 0 Å². The molecule has 1 aliphatic heterocycles. The van der Waals surface area contributed by atoms with Gasteiger partial charge in [-0.2, -0.15) is 4.39 Å². The van der Waals surface area contributed by atoms with E-state index in [1.54, 1.807) is 25.1 Å². The summed E-state index contributed by atoms with van der Waals surface area (Å²) in [7, 11) is 0. The first kappa shape index (κ1) is 21.6. The van der Waals surface area contributed by atoms with E-state index in [-0.39, 0.29) is 40.2 Å². The average Bonchev–Trinajstić information content (AvgIpc) is 2.74. The minimum absolute atomic E-state index is 0.0686. The van der Waals surface area contributed by atoms with Gasteiger partial charge in [-0.05, 0) is 53.7 Å². The second-order valence-electron chi connectivity index (χ2n) is 7.16. The molecule has 2 aromatic rings. The van der Waals surface area contributed by atoms with E-state index in [1.165, 1.54) is 12.1 Å². The second-order valence-corrected chi connectivity index (χ2v) is 7.16. The molecule has 0 saturated heterocycles. The van der Waals surface area contributed by atoms with Gasteiger partial charge < -0.3 is 4.74 Å². The van der Waals surface area contributed by atoms with Gasteiger partial charge in [0.15, 0.2) is 23.2 Å². The molecule has 1 aliphatic rings. The number of benzene rings is 2. The van der Waals surface area contributed by atoms with E-state index in [0.717, 1.165) is 0 Å². The van der Waals surface area contributed by atoms with Crippen molar-refractivity contribution in [1.29, 1.82) is 0 Å². The monoisotopic (exact) mass is 414 g/mol. The standard InChI is InChI=1S/C25H22F4O/c1-5-7-8-16-9-10-17(13-20(16)26)19-12-18-11-15(4)24(21(27)14(3)6-2)30-25(18)23(29)22(19)28/h5,9-10,12-13H,1,3-4,6-8,11H2,2H3/b24-21-. The number of allylic oxidation sites excluding steroid dienone is 4. The lowest BCUT2D eigenvalue weighted by Crippen LogP contribution is -2.14. The van der Waals surface area contributed by atoms with Gasteiger partial charge in [-0.25, -0.2) is 13.2 Å². The third-order valence-corrected chi connectivity index (χ3v) is 5.09. The fourth-order valence-electron chi connectivity index (χ4n) is 3.29. The van der Waals surface area contributed by atoms with Crippen LogP contribution in [0.5, 0.6) is 5.75 Å².